The molecule has 2 heterocycles. The molecule has 5 heteroatoms. The number of aliphatic hydroxyl groups excluding tert-OH is 1. The lowest BCUT2D eigenvalue weighted by Crippen LogP contribution is -2.26. The molecule has 0 aromatic carbocycles. The van der Waals surface area contributed by atoms with Gasteiger partial charge in [0.05, 0.1) is 18.1 Å². The summed E-state index contributed by atoms with van der Waals surface area (Å²) in [4.78, 5) is 4.46. The zero-order valence-corrected chi connectivity index (χ0v) is 12.0. The lowest BCUT2D eigenvalue weighted by atomic mass is 9.95. The van der Waals surface area contributed by atoms with Gasteiger partial charge in [0.25, 0.3) is 0 Å². The van der Waals surface area contributed by atoms with E-state index in [0.29, 0.717) is 12.6 Å². The van der Waals surface area contributed by atoms with Crippen LogP contribution in [-0.4, -0.2) is 33.0 Å². The van der Waals surface area contributed by atoms with Crippen LogP contribution in [0.4, 0.5) is 5.69 Å². The van der Waals surface area contributed by atoms with Crippen LogP contribution in [0.15, 0.2) is 18.5 Å². The van der Waals surface area contributed by atoms with Crippen LogP contribution < -0.4 is 5.32 Å². The van der Waals surface area contributed by atoms with Gasteiger partial charge in [0.15, 0.2) is 5.65 Å². The first-order valence-corrected chi connectivity index (χ1v) is 6.61. The zero-order chi connectivity index (χ0) is 14.0. The lowest BCUT2D eigenvalue weighted by Gasteiger charge is -2.22. The molecule has 0 aliphatic rings. The third-order valence-electron chi connectivity index (χ3n) is 3.12. The number of aliphatic hydroxyl groups is 1. The Kier molecular flexibility index (Phi) is 3.75. The average Bonchev–Trinajstić information content (AvgIpc) is 2.79. The van der Waals surface area contributed by atoms with Crippen LogP contribution in [0, 0.1) is 5.41 Å². The number of nitrogens with zero attached hydrogens (tertiary/aromatic N) is 3. The van der Waals surface area contributed by atoms with Gasteiger partial charge in [-0.2, -0.15) is 5.10 Å². The number of nitrogens with one attached hydrogen (secondary N) is 1. The number of hydrogen-bond acceptors (Lipinski definition) is 4. The number of fused-ring (bicyclic) bond motifs is 1. The quantitative estimate of drug-likeness (QED) is 0.868. The zero-order valence-electron chi connectivity index (χ0n) is 12.0. The smallest absolute Gasteiger partial charge is 0.158 e. The first-order valence-electron chi connectivity index (χ1n) is 6.61. The molecule has 0 saturated heterocycles. The van der Waals surface area contributed by atoms with Gasteiger partial charge in [-0.3, -0.25) is 0 Å². The summed E-state index contributed by atoms with van der Waals surface area (Å²) in [5.41, 5.74) is 1.72. The Balaban J connectivity index is 2.19. The second-order valence-corrected chi connectivity index (χ2v) is 6.00. The molecule has 0 aliphatic heterocycles. The molecule has 0 bridgehead atoms. The summed E-state index contributed by atoms with van der Waals surface area (Å²) in [7, 11) is 0. The molecular formula is C14H22N4O. The van der Waals surface area contributed by atoms with E-state index in [1.54, 1.807) is 0 Å². The van der Waals surface area contributed by atoms with Gasteiger partial charge in [-0.15, -0.1) is 0 Å². The number of pyridine rings is 1. The van der Waals surface area contributed by atoms with Crippen molar-refractivity contribution < 1.29 is 5.11 Å². The Morgan fingerprint density at radius 2 is 2.11 bits per heavy atom. The third-order valence-corrected chi connectivity index (χ3v) is 3.12. The van der Waals surface area contributed by atoms with Crippen molar-refractivity contribution in [3.63, 3.8) is 0 Å². The SMILES string of the molecule is CC(C)n1ncc2cc(NCC(C)(C)CO)cnc21. The van der Waals surface area contributed by atoms with Crippen LogP contribution >= 0.6 is 0 Å². The maximum atomic E-state index is 9.24. The minimum Gasteiger partial charge on any atom is -0.396 e. The Bertz CT molecular complexity index is 560. The monoisotopic (exact) mass is 262 g/mol. The van der Waals surface area contributed by atoms with Crippen LogP contribution in [0.5, 0.6) is 0 Å². The first kappa shape index (κ1) is 13.8. The van der Waals surface area contributed by atoms with E-state index in [4.69, 9.17) is 0 Å². The van der Waals surface area contributed by atoms with Crippen LogP contribution in [0.1, 0.15) is 33.7 Å². The fraction of sp³-hybridized carbons (Fsp3) is 0.571. The van der Waals surface area contributed by atoms with E-state index in [1.165, 1.54) is 0 Å². The van der Waals surface area contributed by atoms with Gasteiger partial charge >= 0.3 is 0 Å². The summed E-state index contributed by atoms with van der Waals surface area (Å²) < 4.78 is 1.91. The van der Waals surface area contributed by atoms with E-state index in [9.17, 15) is 5.11 Å². The number of aromatic nitrogens is 3. The van der Waals surface area contributed by atoms with E-state index in [1.807, 2.05) is 37.0 Å². The summed E-state index contributed by atoms with van der Waals surface area (Å²) in [6, 6.07) is 2.35. The standard InChI is InChI=1S/C14H22N4O/c1-10(2)18-13-11(6-17-18)5-12(7-15-13)16-8-14(3,4)9-19/h5-7,10,16,19H,8-9H2,1-4H3. The summed E-state index contributed by atoms with van der Waals surface area (Å²) in [5.74, 6) is 0. The fourth-order valence-electron chi connectivity index (χ4n) is 1.81. The highest BCUT2D eigenvalue weighted by Crippen LogP contribution is 2.20. The van der Waals surface area contributed by atoms with Crippen molar-refractivity contribution in [2.24, 2.45) is 5.41 Å². The molecule has 2 rings (SSSR count). The van der Waals surface area contributed by atoms with Gasteiger partial charge in [0.1, 0.15) is 0 Å². The second kappa shape index (κ2) is 5.17. The molecule has 0 aliphatic carbocycles. The molecule has 2 aromatic rings. The molecule has 0 spiro atoms. The highest BCUT2D eigenvalue weighted by molar-refractivity contribution is 5.78. The van der Waals surface area contributed by atoms with E-state index >= 15 is 0 Å². The van der Waals surface area contributed by atoms with Gasteiger partial charge < -0.3 is 10.4 Å². The number of anilines is 1. The molecule has 104 valence electrons. The van der Waals surface area contributed by atoms with Gasteiger partial charge in [0.2, 0.25) is 0 Å². The predicted molar refractivity (Wildman–Crippen MR) is 77.3 cm³/mol. The van der Waals surface area contributed by atoms with Gasteiger partial charge in [-0.25, -0.2) is 9.67 Å². The van der Waals surface area contributed by atoms with Crippen molar-refractivity contribution in [3.05, 3.63) is 18.5 Å². The molecule has 0 atom stereocenters. The number of rotatable bonds is 5. The Hall–Kier alpha value is -1.62. The van der Waals surface area contributed by atoms with Crippen molar-refractivity contribution >= 4 is 16.7 Å². The van der Waals surface area contributed by atoms with E-state index in [2.05, 4.69) is 29.2 Å². The summed E-state index contributed by atoms with van der Waals surface area (Å²) in [6.07, 6.45) is 3.65. The number of hydrogen-bond donors (Lipinski definition) is 2. The molecule has 0 radical (unpaired) electrons. The average molecular weight is 262 g/mol. The highest BCUT2D eigenvalue weighted by Gasteiger charge is 2.16. The second-order valence-electron chi connectivity index (χ2n) is 6.00. The van der Waals surface area contributed by atoms with Crippen LogP contribution in [0.25, 0.3) is 11.0 Å². The Morgan fingerprint density at radius 1 is 1.37 bits per heavy atom. The van der Waals surface area contributed by atoms with Crippen molar-refractivity contribution in [3.8, 4) is 0 Å². The predicted octanol–water partition coefficient (Wildman–Crippen LogP) is 2.44. The molecule has 19 heavy (non-hydrogen) atoms. The molecule has 0 fully saturated rings. The van der Waals surface area contributed by atoms with Gasteiger partial charge in [-0.05, 0) is 19.9 Å². The molecule has 0 saturated carbocycles. The summed E-state index contributed by atoms with van der Waals surface area (Å²) in [6.45, 7) is 9.07. The van der Waals surface area contributed by atoms with Crippen molar-refractivity contribution in [2.45, 2.75) is 33.7 Å². The summed E-state index contributed by atoms with van der Waals surface area (Å²) >= 11 is 0. The minimum absolute atomic E-state index is 0.142. The van der Waals surface area contributed by atoms with Crippen LogP contribution in [0.3, 0.4) is 0 Å². The normalized spacial score (nSPS) is 12.3. The first-order chi connectivity index (χ1) is 8.93. The molecule has 2 N–H and O–H groups in total. The molecular weight excluding hydrogens is 240 g/mol. The molecule has 0 amide bonds. The maximum absolute atomic E-state index is 9.24. The molecule has 0 unspecified atom stereocenters. The van der Waals surface area contributed by atoms with Crippen molar-refractivity contribution in [2.75, 3.05) is 18.5 Å². The summed E-state index contributed by atoms with van der Waals surface area (Å²) in [5, 5.41) is 17.9. The van der Waals surface area contributed by atoms with Crippen molar-refractivity contribution in [1.29, 1.82) is 0 Å². The lowest BCUT2D eigenvalue weighted by molar-refractivity contribution is 0.171. The topological polar surface area (TPSA) is 63.0 Å². The van der Waals surface area contributed by atoms with Gasteiger partial charge in [0, 0.05) is 30.0 Å². The van der Waals surface area contributed by atoms with E-state index < -0.39 is 0 Å². The Labute approximate surface area is 113 Å². The van der Waals surface area contributed by atoms with Crippen LogP contribution in [-0.2, 0) is 0 Å². The van der Waals surface area contributed by atoms with E-state index in [-0.39, 0.29) is 12.0 Å². The largest absolute Gasteiger partial charge is 0.396 e. The molecule has 2 aromatic heterocycles. The maximum Gasteiger partial charge on any atom is 0.158 e. The van der Waals surface area contributed by atoms with Gasteiger partial charge in [-0.1, -0.05) is 13.8 Å². The van der Waals surface area contributed by atoms with E-state index in [0.717, 1.165) is 16.7 Å². The Morgan fingerprint density at radius 3 is 2.74 bits per heavy atom. The minimum atomic E-state index is -0.142. The molecule has 5 nitrogen and oxygen atoms in total. The van der Waals surface area contributed by atoms with Crippen LogP contribution in [0.2, 0.25) is 0 Å². The third kappa shape index (κ3) is 3.04. The van der Waals surface area contributed by atoms with Crippen molar-refractivity contribution in [1.82, 2.24) is 14.8 Å². The highest BCUT2D eigenvalue weighted by atomic mass is 16.3. The fourth-order valence-corrected chi connectivity index (χ4v) is 1.81.